The van der Waals surface area contributed by atoms with Crippen molar-refractivity contribution in [1.29, 1.82) is 0 Å². The predicted molar refractivity (Wildman–Crippen MR) is 230 cm³/mol. The molecule has 0 spiro atoms. The monoisotopic (exact) mass is 1000 g/mol. The summed E-state index contributed by atoms with van der Waals surface area (Å²) in [4.78, 5) is 21.2. The summed E-state index contributed by atoms with van der Waals surface area (Å²) in [5.41, 5.74) is -3.66. The molecule has 0 aliphatic heterocycles. The Labute approximate surface area is 381 Å². The zero-order valence-corrected chi connectivity index (χ0v) is 36.6. The Kier molecular flexibility index (Phi) is 14.3. The molecule has 0 atom stereocenters. The van der Waals surface area contributed by atoms with Gasteiger partial charge in [-0.05, 0) is 73.0 Å². The van der Waals surface area contributed by atoms with E-state index in [4.69, 9.17) is 9.47 Å². The molecule has 27 nitrogen and oxygen atoms in total. The van der Waals surface area contributed by atoms with Crippen molar-refractivity contribution >= 4 is 87.2 Å². The highest BCUT2D eigenvalue weighted by atomic mass is 32.2. The van der Waals surface area contributed by atoms with Crippen LogP contribution in [0.25, 0.3) is 16.5 Å². The minimum Gasteiger partial charge on any atom is -0.505 e. The number of nitrogens with zero attached hydrogens (tertiary/aromatic N) is 8. The number of rotatable bonds is 18. The second-order valence-corrected chi connectivity index (χ2v) is 17.8. The summed E-state index contributed by atoms with van der Waals surface area (Å²) in [6, 6.07) is 11.8. The molecule has 9 N–H and O–H groups in total. The number of aliphatic hydroxyl groups is 2. The van der Waals surface area contributed by atoms with Crippen molar-refractivity contribution in [2.45, 2.75) is 21.6 Å². The second kappa shape index (κ2) is 19.6. The third kappa shape index (κ3) is 10.9. The molecule has 0 aliphatic carbocycles. The fraction of sp³-hybridized carbons (Fsp3) is 0.132. The van der Waals surface area contributed by atoms with Crippen LogP contribution in [-0.2, 0) is 30.4 Å². The fourth-order valence-electron chi connectivity index (χ4n) is 5.99. The van der Waals surface area contributed by atoms with Crippen molar-refractivity contribution in [2.24, 2.45) is 30.7 Å². The number of aromatic carboxylic acids is 2. The number of phenolic OH excluding ortho intramolecular Hbond substituents is 1. The van der Waals surface area contributed by atoms with Crippen molar-refractivity contribution in [3.8, 4) is 28.8 Å². The maximum absolute atomic E-state index is 12.8. The van der Waals surface area contributed by atoms with Gasteiger partial charge in [0, 0.05) is 17.5 Å². The summed E-state index contributed by atoms with van der Waals surface area (Å²) >= 11 is 0. The van der Waals surface area contributed by atoms with E-state index in [2.05, 4.69) is 35.8 Å². The highest BCUT2D eigenvalue weighted by Gasteiger charge is 2.25. The number of aromatic nitrogens is 2. The summed E-state index contributed by atoms with van der Waals surface area (Å²) in [7, 11) is -14.8. The number of carbonyl (C=O) groups is 2. The number of fused-ring (bicyclic) bond motifs is 1. The number of carboxylic acid groups (broad SMARTS) is 2. The first-order valence-corrected chi connectivity index (χ1v) is 22.9. The number of ether oxygens (including phenoxy) is 2. The summed E-state index contributed by atoms with van der Waals surface area (Å²) in [5.74, 6) is -5.25. The Morgan fingerprint density at radius 1 is 0.603 bits per heavy atom. The molecule has 0 aliphatic rings. The summed E-state index contributed by atoms with van der Waals surface area (Å²) in [6.07, 6.45) is 0. The van der Waals surface area contributed by atoms with E-state index in [-0.39, 0.29) is 75.3 Å². The molecule has 1 aromatic heterocycles. The van der Waals surface area contributed by atoms with Crippen LogP contribution in [0.1, 0.15) is 26.4 Å². The van der Waals surface area contributed by atoms with Gasteiger partial charge in [0.15, 0.2) is 11.4 Å². The molecule has 68 heavy (non-hydrogen) atoms. The van der Waals surface area contributed by atoms with Crippen LogP contribution in [0.15, 0.2) is 118 Å². The van der Waals surface area contributed by atoms with Crippen molar-refractivity contribution in [2.75, 3.05) is 26.4 Å². The fourth-order valence-corrected chi connectivity index (χ4v) is 7.66. The van der Waals surface area contributed by atoms with E-state index < -0.39 is 98.6 Å². The number of aliphatic hydroxyl groups excluding tert-OH is 2. The van der Waals surface area contributed by atoms with E-state index in [1.807, 2.05) is 0 Å². The lowest BCUT2D eigenvalue weighted by atomic mass is 10.1. The molecule has 356 valence electrons. The number of aromatic hydroxyl groups is 2. The average molecular weight is 1000 g/mol. The van der Waals surface area contributed by atoms with Gasteiger partial charge in [-0.25, -0.2) is 9.59 Å². The summed E-state index contributed by atoms with van der Waals surface area (Å²) in [5, 5.41) is 88.1. The number of hydrogen-bond acceptors (Lipinski definition) is 21. The van der Waals surface area contributed by atoms with Gasteiger partial charge in [0.05, 0.1) is 45.5 Å². The molecule has 0 fully saturated rings. The molecule has 0 unspecified atom stereocenters. The van der Waals surface area contributed by atoms with Gasteiger partial charge in [-0.1, -0.05) is 0 Å². The topological polar surface area (TPSA) is 429 Å². The maximum atomic E-state index is 12.8. The number of hydrogen-bond donors (Lipinski definition) is 9. The van der Waals surface area contributed by atoms with Crippen LogP contribution >= 0.6 is 0 Å². The van der Waals surface area contributed by atoms with Gasteiger partial charge in [-0.2, -0.15) is 35.0 Å². The Balaban J connectivity index is 1.40. The Hall–Kier alpha value is -7.84. The summed E-state index contributed by atoms with van der Waals surface area (Å²) < 4.78 is 113. The van der Waals surface area contributed by atoms with E-state index in [9.17, 15) is 79.1 Å². The van der Waals surface area contributed by atoms with E-state index >= 15 is 0 Å². The molecule has 0 radical (unpaired) electrons. The third-order valence-corrected chi connectivity index (χ3v) is 11.6. The van der Waals surface area contributed by atoms with Crippen molar-refractivity contribution in [3.63, 3.8) is 0 Å². The van der Waals surface area contributed by atoms with Gasteiger partial charge in [0.25, 0.3) is 30.4 Å². The molecule has 0 amide bonds. The van der Waals surface area contributed by atoms with Crippen LogP contribution in [0.3, 0.4) is 0 Å². The number of benzene rings is 5. The molecule has 0 bridgehead atoms. The zero-order valence-electron chi connectivity index (χ0n) is 34.2. The van der Waals surface area contributed by atoms with Gasteiger partial charge in [0.2, 0.25) is 5.88 Å². The molecular formula is C38H32N8O19S3. The largest absolute Gasteiger partial charge is 0.505 e. The van der Waals surface area contributed by atoms with Crippen molar-refractivity contribution in [1.82, 2.24) is 9.78 Å². The first-order chi connectivity index (χ1) is 31.9. The quantitative estimate of drug-likeness (QED) is 0.0359. The molecule has 0 saturated carbocycles. The number of aryl methyl sites for hydroxylation is 1. The Morgan fingerprint density at radius 2 is 1.07 bits per heavy atom. The standard InChI is InChI=1S/C38H32N8O19S3/c1-18-33(43-40-27-7-4-22(67(58,59)60)15-25(27)38(53)54)36(50)46(45-18)20-2-5-23-19(12-20)13-32(68(61,62)63)34(35(23)49)44-42-29-17-30(64-10-8-47)28(16-31(29)65-11-9-48)41-39-26-6-3-21(66(55,56)57)14-24(26)37(51)52/h2-7,12-17,47-50H,8-11H2,1H3,(H,51,52)(H,53,54)(H,55,56,57)(H,58,59,60)(H,61,62,63)/b41-39+,43-40+,44-42+. The first-order valence-electron chi connectivity index (χ1n) is 18.6. The van der Waals surface area contributed by atoms with E-state index in [0.717, 1.165) is 47.1 Å². The van der Waals surface area contributed by atoms with Crippen LogP contribution in [-0.4, -0.2) is 118 Å². The van der Waals surface area contributed by atoms with Crippen LogP contribution in [0.4, 0.5) is 34.1 Å². The molecule has 30 heteroatoms. The van der Waals surface area contributed by atoms with Crippen LogP contribution in [0.2, 0.25) is 0 Å². The first kappa shape index (κ1) is 49.6. The van der Waals surface area contributed by atoms with E-state index in [0.29, 0.717) is 12.1 Å². The van der Waals surface area contributed by atoms with Crippen LogP contribution in [0, 0.1) is 6.92 Å². The van der Waals surface area contributed by atoms with Crippen molar-refractivity contribution < 1.29 is 88.6 Å². The molecule has 5 aromatic carbocycles. The lowest BCUT2D eigenvalue weighted by molar-refractivity contribution is 0.0686. The SMILES string of the molecule is Cc1nn(-c2ccc3c(O)c(/N=N/c4cc(OCCO)c(/N=N/c5ccc(S(=O)(=O)O)cc5C(=O)O)cc4OCCO)c(S(=O)(=O)O)cc3c2)c(O)c1/N=N/c1ccc(S(=O)(=O)O)cc1C(=O)O. The highest BCUT2D eigenvalue weighted by molar-refractivity contribution is 7.86. The Bertz CT molecular complexity index is 3470. The summed E-state index contributed by atoms with van der Waals surface area (Å²) in [6.45, 7) is -0.459. The van der Waals surface area contributed by atoms with Crippen molar-refractivity contribution in [3.05, 3.63) is 89.6 Å². The van der Waals surface area contributed by atoms with Gasteiger partial charge >= 0.3 is 11.9 Å². The molecule has 6 aromatic rings. The number of phenols is 1. The number of carboxylic acids is 2. The molecule has 1 heterocycles. The lowest BCUT2D eigenvalue weighted by Crippen LogP contribution is -2.04. The molecular weight excluding hydrogens is 969 g/mol. The van der Waals surface area contributed by atoms with Crippen LogP contribution < -0.4 is 9.47 Å². The van der Waals surface area contributed by atoms with Crippen LogP contribution in [0.5, 0.6) is 23.1 Å². The van der Waals surface area contributed by atoms with Gasteiger partial charge in [-0.15, -0.1) is 30.7 Å². The number of azo groups is 3. The highest BCUT2D eigenvalue weighted by Crippen LogP contribution is 2.46. The normalized spacial score (nSPS) is 12.4. The molecule has 0 saturated heterocycles. The predicted octanol–water partition coefficient (Wildman–Crippen LogP) is 5.87. The van der Waals surface area contributed by atoms with Gasteiger partial charge < -0.3 is 40.1 Å². The lowest BCUT2D eigenvalue weighted by Gasteiger charge is -2.13. The minimum absolute atomic E-state index is 0.0194. The van der Waals surface area contributed by atoms with E-state index in [1.165, 1.54) is 25.1 Å². The third-order valence-electron chi connectivity index (χ3n) is 9.07. The smallest absolute Gasteiger partial charge is 0.338 e. The molecule has 6 rings (SSSR count). The maximum Gasteiger partial charge on any atom is 0.338 e. The Morgan fingerprint density at radius 3 is 1.54 bits per heavy atom. The van der Waals surface area contributed by atoms with Gasteiger partial charge in [-0.3, -0.25) is 13.7 Å². The zero-order chi connectivity index (χ0) is 49.9. The average Bonchev–Trinajstić information content (AvgIpc) is 3.56. The second-order valence-electron chi connectivity index (χ2n) is 13.6. The van der Waals surface area contributed by atoms with E-state index in [1.54, 1.807) is 0 Å². The minimum atomic E-state index is -5.24. The van der Waals surface area contributed by atoms with Gasteiger partial charge in [0.1, 0.15) is 58.0 Å².